The summed E-state index contributed by atoms with van der Waals surface area (Å²) in [5, 5.41) is 0.546. The molecule has 4 heteroatoms. The van der Waals surface area contributed by atoms with Gasteiger partial charge < -0.3 is 4.74 Å². The Morgan fingerprint density at radius 1 is 1.08 bits per heavy atom. The van der Waals surface area contributed by atoms with Gasteiger partial charge in [0.25, 0.3) is 0 Å². The Kier molecular flexibility index (Phi) is 4.10. The number of ketones is 1. The van der Waals surface area contributed by atoms with Gasteiger partial charge in [-0.15, -0.1) is 0 Å². The predicted octanol–water partition coefficient (Wildman–Crippen LogP) is 5.02. The van der Waals surface area contributed by atoms with E-state index in [2.05, 4.69) is 13.8 Å². The Bertz CT molecular complexity index is 654. The molecule has 4 aliphatic rings. The van der Waals surface area contributed by atoms with Crippen molar-refractivity contribution in [2.75, 3.05) is 0 Å². The smallest absolute Gasteiger partial charge is 0.302 e. The normalized spacial score (nSPS) is 46.3. The standard InChI is InChI=1S/C21H29ClO3/c1-12(23)25-18-7-6-14-13-4-5-16-19(22)17(24)9-11-20(16,2)15(13)8-10-21(14,18)3/h13-15,18H,4-11H2,1-3H3/t13-,14?,15?,18-,20+,21-/m0/s1. The SMILES string of the molecule is CC(=O)O[C@H]1CCC2[C@@H]3CCC4=C(Cl)C(=O)CC[C@]4(C)C3CC[C@@]21C. The molecule has 25 heavy (non-hydrogen) atoms. The largest absolute Gasteiger partial charge is 0.462 e. The van der Waals surface area contributed by atoms with Crippen LogP contribution in [-0.4, -0.2) is 17.9 Å². The van der Waals surface area contributed by atoms with Gasteiger partial charge in [0.2, 0.25) is 0 Å². The van der Waals surface area contributed by atoms with Gasteiger partial charge in [-0.3, -0.25) is 9.59 Å². The van der Waals surface area contributed by atoms with Gasteiger partial charge in [0.1, 0.15) is 6.10 Å². The molecule has 138 valence electrons. The van der Waals surface area contributed by atoms with Crippen LogP contribution in [0.4, 0.5) is 0 Å². The van der Waals surface area contributed by atoms with Crippen molar-refractivity contribution in [1.82, 2.24) is 0 Å². The zero-order valence-electron chi connectivity index (χ0n) is 15.6. The summed E-state index contributed by atoms with van der Waals surface area (Å²) in [7, 11) is 0. The molecule has 0 N–H and O–H groups in total. The summed E-state index contributed by atoms with van der Waals surface area (Å²) in [6, 6.07) is 0. The molecule has 0 aromatic carbocycles. The number of rotatable bonds is 1. The average Bonchev–Trinajstić information content (AvgIpc) is 2.88. The van der Waals surface area contributed by atoms with E-state index < -0.39 is 0 Å². The highest BCUT2D eigenvalue weighted by atomic mass is 35.5. The molecule has 0 saturated heterocycles. The second-order valence-corrected chi connectivity index (χ2v) is 9.65. The molecule has 0 bridgehead atoms. The van der Waals surface area contributed by atoms with Gasteiger partial charge in [-0.25, -0.2) is 0 Å². The molecular formula is C21H29ClO3. The van der Waals surface area contributed by atoms with Gasteiger partial charge in [0.15, 0.2) is 5.78 Å². The summed E-state index contributed by atoms with van der Waals surface area (Å²) in [5.41, 5.74) is 1.46. The second kappa shape index (κ2) is 5.84. The Balaban J connectivity index is 1.65. The van der Waals surface area contributed by atoms with E-state index in [4.69, 9.17) is 16.3 Å². The molecule has 0 aromatic heterocycles. The van der Waals surface area contributed by atoms with Crippen molar-refractivity contribution in [3.8, 4) is 0 Å². The molecule has 2 unspecified atom stereocenters. The number of esters is 1. The first kappa shape index (κ1) is 17.6. The minimum absolute atomic E-state index is 0.0808. The highest BCUT2D eigenvalue weighted by Gasteiger charge is 2.60. The van der Waals surface area contributed by atoms with Crippen molar-refractivity contribution >= 4 is 23.4 Å². The monoisotopic (exact) mass is 364 g/mol. The minimum atomic E-state index is -0.146. The van der Waals surface area contributed by atoms with Gasteiger partial charge in [0, 0.05) is 18.8 Å². The third kappa shape index (κ3) is 2.44. The van der Waals surface area contributed by atoms with Crippen LogP contribution in [0.15, 0.2) is 10.6 Å². The molecule has 6 atom stereocenters. The lowest BCUT2D eigenvalue weighted by molar-refractivity contribution is -0.157. The predicted molar refractivity (Wildman–Crippen MR) is 97.1 cm³/mol. The van der Waals surface area contributed by atoms with E-state index in [-0.39, 0.29) is 28.7 Å². The van der Waals surface area contributed by atoms with E-state index in [9.17, 15) is 9.59 Å². The molecule has 3 nitrogen and oxygen atoms in total. The van der Waals surface area contributed by atoms with Crippen LogP contribution in [0.3, 0.4) is 0 Å². The van der Waals surface area contributed by atoms with Crippen molar-refractivity contribution in [3.63, 3.8) is 0 Å². The highest BCUT2D eigenvalue weighted by Crippen LogP contribution is 2.66. The van der Waals surface area contributed by atoms with E-state index in [1.54, 1.807) is 0 Å². The number of hydrogen-bond acceptors (Lipinski definition) is 3. The molecule has 0 aliphatic heterocycles. The number of allylic oxidation sites excluding steroid dienone is 1. The van der Waals surface area contributed by atoms with E-state index in [1.807, 2.05) is 0 Å². The fraction of sp³-hybridized carbons (Fsp3) is 0.810. The van der Waals surface area contributed by atoms with Crippen LogP contribution >= 0.6 is 11.6 Å². The maximum Gasteiger partial charge on any atom is 0.302 e. The number of ether oxygens (including phenoxy) is 1. The third-order valence-corrected chi connectivity index (χ3v) is 8.71. The first-order chi connectivity index (χ1) is 11.8. The van der Waals surface area contributed by atoms with Crippen molar-refractivity contribution in [3.05, 3.63) is 10.6 Å². The Morgan fingerprint density at radius 3 is 2.56 bits per heavy atom. The Hall–Kier alpha value is -0.830. The maximum absolute atomic E-state index is 12.1. The van der Waals surface area contributed by atoms with E-state index in [0.29, 0.717) is 29.2 Å². The molecule has 0 aromatic rings. The number of hydrogen-bond donors (Lipinski definition) is 0. The fourth-order valence-electron chi connectivity index (χ4n) is 7.00. The summed E-state index contributed by atoms with van der Waals surface area (Å²) >= 11 is 6.45. The quantitative estimate of drug-likeness (QED) is 0.614. The lowest BCUT2D eigenvalue weighted by atomic mass is 9.47. The zero-order chi connectivity index (χ0) is 18.0. The van der Waals surface area contributed by atoms with Crippen LogP contribution in [0.1, 0.15) is 72.1 Å². The molecule has 4 rings (SSSR count). The van der Waals surface area contributed by atoms with Crippen LogP contribution in [0.2, 0.25) is 0 Å². The first-order valence-electron chi connectivity index (χ1n) is 9.87. The fourth-order valence-corrected chi connectivity index (χ4v) is 7.40. The van der Waals surface area contributed by atoms with E-state index >= 15 is 0 Å². The molecule has 0 heterocycles. The van der Waals surface area contributed by atoms with Crippen LogP contribution in [0.25, 0.3) is 0 Å². The van der Waals surface area contributed by atoms with Crippen molar-refractivity contribution in [2.24, 2.45) is 28.6 Å². The zero-order valence-corrected chi connectivity index (χ0v) is 16.3. The van der Waals surface area contributed by atoms with Crippen LogP contribution in [0.5, 0.6) is 0 Å². The van der Waals surface area contributed by atoms with E-state index in [0.717, 1.165) is 44.9 Å². The number of carbonyl (C=O) groups is 2. The minimum Gasteiger partial charge on any atom is -0.462 e. The average molecular weight is 365 g/mol. The van der Waals surface area contributed by atoms with Crippen molar-refractivity contribution in [2.45, 2.75) is 78.2 Å². The van der Waals surface area contributed by atoms with Crippen LogP contribution in [0, 0.1) is 28.6 Å². The summed E-state index contributed by atoms with van der Waals surface area (Å²) in [6.45, 7) is 6.23. The molecule has 0 amide bonds. The topological polar surface area (TPSA) is 43.4 Å². The van der Waals surface area contributed by atoms with Gasteiger partial charge in [-0.2, -0.15) is 0 Å². The van der Waals surface area contributed by atoms with Crippen LogP contribution < -0.4 is 0 Å². The molecule has 4 aliphatic carbocycles. The highest BCUT2D eigenvalue weighted by molar-refractivity contribution is 6.43. The van der Waals surface area contributed by atoms with E-state index in [1.165, 1.54) is 12.5 Å². The maximum atomic E-state index is 12.1. The number of carbonyl (C=O) groups excluding carboxylic acids is 2. The second-order valence-electron chi connectivity index (χ2n) is 9.27. The number of fused-ring (bicyclic) bond motifs is 5. The Labute approximate surface area is 155 Å². The molecule has 3 fully saturated rings. The number of halogens is 1. The van der Waals surface area contributed by atoms with Crippen molar-refractivity contribution in [1.29, 1.82) is 0 Å². The third-order valence-electron chi connectivity index (χ3n) is 8.27. The molecule has 0 radical (unpaired) electrons. The molecule has 0 spiro atoms. The summed E-state index contributed by atoms with van der Waals surface area (Å²) in [6.07, 6.45) is 8.17. The van der Waals surface area contributed by atoms with Gasteiger partial charge >= 0.3 is 5.97 Å². The summed E-state index contributed by atoms with van der Waals surface area (Å²) in [4.78, 5) is 23.6. The van der Waals surface area contributed by atoms with Crippen LogP contribution in [-0.2, 0) is 14.3 Å². The lowest BCUT2D eigenvalue weighted by Crippen LogP contribution is -2.52. The Morgan fingerprint density at radius 2 is 1.84 bits per heavy atom. The van der Waals surface area contributed by atoms with Gasteiger partial charge in [-0.05, 0) is 73.7 Å². The molecule has 3 saturated carbocycles. The summed E-state index contributed by atoms with van der Waals surface area (Å²) in [5.74, 6) is 1.92. The van der Waals surface area contributed by atoms with Gasteiger partial charge in [0.05, 0.1) is 5.03 Å². The lowest BCUT2D eigenvalue weighted by Gasteiger charge is -2.58. The number of Topliss-reactive ketones (excluding diaryl/α,β-unsaturated/α-hetero) is 1. The first-order valence-corrected chi connectivity index (χ1v) is 10.2. The summed E-state index contributed by atoms with van der Waals surface area (Å²) < 4.78 is 5.71. The van der Waals surface area contributed by atoms with Gasteiger partial charge in [-0.1, -0.05) is 25.4 Å². The molecular weight excluding hydrogens is 336 g/mol. The van der Waals surface area contributed by atoms with Crippen molar-refractivity contribution < 1.29 is 14.3 Å².